The van der Waals surface area contributed by atoms with Crippen molar-refractivity contribution in [1.82, 2.24) is 5.32 Å². The quantitative estimate of drug-likeness (QED) is 0.667. The molecule has 2 nitrogen and oxygen atoms in total. The summed E-state index contributed by atoms with van der Waals surface area (Å²) in [6, 6.07) is 0.587. The van der Waals surface area contributed by atoms with Gasteiger partial charge in [0.15, 0.2) is 0 Å². The van der Waals surface area contributed by atoms with E-state index in [0.717, 1.165) is 19.1 Å². The zero-order valence-electron chi connectivity index (χ0n) is 8.38. The van der Waals surface area contributed by atoms with E-state index in [0.29, 0.717) is 12.1 Å². The highest BCUT2D eigenvalue weighted by Crippen LogP contribution is 2.38. The van der Waals surface area contributed by atoms with E-state index in [4.69, 9.17) is 4.74 Å². The molecule has 2 rings (SSSR count). The molecular formula is C11H19NO. The van der Waals surface area contributed by atoms with Crippen LogP contribution in [0.3, 0.4) is 0 Å². The Hall–Kier alpha value is -0.340. The molecule has 1 saturated carbocycles. The van der Waals surface area contributed by atoms with Crippen LogP contribution < -0.4 is 5.32 Å². The predicted octanol–water partition coefficient (Wildman–Crippen LogP) is 1.72. The minimum Gasteiger partial charge on any atom is -0.376 e. The van der Waals surface area contributed by atoms with Crippen molar-refractivity contribution in [2.45, 2.75) is 38.3 Å². The molecule has 0 aromatic rings. The van der Waals surface area contributed by atoms with Gasteiger partial charge in [-0.2, -0.15) is 0 Å². The number of ether oxygens (including phenoxy) is 1. The van der Waals surface area contributed by atoms with Crippen LogP contribution in [0.25, 0.3) is 0 Å². The average molecular weight is 181 g/mol. The van der Waals surface area contributed by atoms with Crippen molar-refractivity contribution < 1.29 is 4.74 Å². The number of nitrogens with one attached hydrogen (secondary N) is 1. The molecule has 13 heavy (non-hydrogen) atoms. The van der Waals surface area contributed by atoms with E-state index in [9.17, 15) is 0 Å². The third-order valence-corrected chi connectivity index (χ3v) is 2.89. The van der Waals surface area contributed by atoms with Gasteiger partial charge in [0.25, 0.3) is 0 Å². The van der Waals surface area contributed by atoms with Crippen molar-refractivity contribution in [1.29, 1.82) is 0 Å². The van der Waals surface area contributed by atoms with Crippen LogP contribution in [0.1, 0.15) is 26.2 Å². The Bertz CT molecular complexity index is 198. The van der Waals surface area contributed by atoms with Gasteiger partial charge in [0.2, 0.25) is 0 Å². The molecule has 2 atom stereocenters. The second-order valence-electron chi connectivity index (χ2n) is 4.41. The topological polar surface area (TPSA) is 21.3 Å². The SMILES string of the molecule is C=C(C)CNC1CCOC1C1CC1. The summed E-state index contributed by atoms with van der Waals surface area (Å²) in [5, 5.41) is 3.53. The molecule has 0 radical (unpaired) electrons. The fraction of sp³-hybridized carbons (Fsp3) is 0.818. The van der Waals surface area contributed by atoms with Crippen molar-refractivity contribution in [3.63, 3.8) is 0 Å². The minimum atomic E-state index is 0.499. The zero-order chi connectivity index (χ0) is 9.26. The monoisotopic (exact) mass is 181 g/mol. The molecule has 1 aliphatic heterocycles. The van der Waals surface area contributed by atoms with Crippen LogP contribution in [0.15, 0.2) is 12.2 Å². The lowest BCUT2D eigenvalue weighted by Crippen LogP contribution is -2.38. The van der Waals surface area contributed by atoms with Crippen LogP contribution in [-0.2, 0) is 4.74 Å². The fourth-order valence-corrected chi connectivity index (χ4v) is 2.02. The van der Waals surface area contributed by atoms with E-state index in [2.05, 4.69) is 18.8 Å². The van der Waals surface area contributed by atoms with Gasteiger partial charge in [0.1, 0.15) is 0 Å². The van der Waals surface area contributed by atoms with Crippen molar-refractivity contribution in [2.75, 3.05) is 13.2 Å². The minimum absolute atomic E-state index is 0.499. The van der Waals surface area contributed by atoms with Gasteiger partial charge in [-0.3, -0.25) is 0 Å². The van der Waals surface area contributed by atoms with Crippen LogP contribution in [-0.4, -0.2) is 25.3 Å². The maximum absolute atomic E-state index is 5.73. The predicted molar refractivity (Wildman–Crippen MR) is 53.7 cm³/mol. The van der Waals surface area contributed by atoms with E-state index >= 15 is 0 Å². The Morgan fingerprint density at radius 3 is 2.85 bits per heavy atom. The Labute approximate surface area is 80.4 Å². The molecule has 0 aromatic carbocycles. The Morgan fingerprint density at radius 1 is 1.46 bits per heavy atom. The van der Waals surface area contributed by atoms with Crippen LogP contribution in [0.4, 0.5) is 0 Å². The first kappa shape index (κ1) is 9.22. The first-order valence-electron chi connectivity index (χ1n) is 5.27. The van der Waals surface area contributed by atoms with Gasteiger partial charge in [-0.1, -0.05) is 12.2 Å². The summed E-state index contributed by atoms with van der Waals surface area (Å²) < 4.78 is 5.73. The number of hydrogen-bond donors (Lipinski definition) is 1. The third-order valence-electron chi connectivity index (χ3n) is 2.89. The lowest BCUT2D eigenvalue weighted by Gasteiger charge is -2.19. The molecule has 1 heterocycles. The van der Waals surface area contributed by atoms with Crippen LogP contribution in [0, 0.1) is 5.92 Å². The summed E-state index contributed by atoms with van der Waals surface area (Å²) in [5.41, 5.74) is 1.21. The molecule has 74 valence electrons. The van der Waals surface area contributed by atoms with Gasteiger partial charge in [-0.15, -0.1) is 0 Å². The Kier molecular flexibility index (Phi) is 2.70. The van der Waals surface area contributed by atoms with E-state index in [1.807, 2.05) is 0 Å². The molecule has 2 unspecified atom stereocenters. The van der Waals surface area contributed by atoms with E-state index in [1.54, 1.807) is 0 Å². The lowest BCUT2D eigenvalue weighted by molar-refractivity contribution is 0.0817. The third kappa shape index (κ3) is 2.32. The molecular weight excluding hydrogens is 162 g/mol. The first-order chi connectivity index (χ1) is 6.27. The van der Waals surface area contributed by atoms with Crippen molar-refractivity contribution in [2.24, 2.45) is 5.92 Å². The molecule has 2 aliphatic rings. The van der Waals surface area contributed by atoms with Crippen LogP contribution in [0.2, 0.25) is 0 Å². The van der Waals surface area contributed by atoms with Crippen LogP contribution >= 0.6 is 0 Å². The molecule has 0 aromatic heterocycles. The molecule has 0 bridgehead atoms. The Balaban J connectivity index is 1.79. The zero-order valence-corrected chi connectivity index (χ0v) is 8.38. The summed E-state index contributed by atoms with van der Waals surface area (Å²) in [6.07, 6.45) is 4.42. The van der Waals surface area contributed by atoms with Gasteiger partial charge in [0.05, 0.1) is 6.10 Å². The summed E-state index contributed by atoms with van der Waals surface area (Å²) in [6.45, 7) is 7.84. The summed E-state index contributed by atoms with van der Waals surface area (Å²) in [4.78, 5) is 0. The standard InChI is InChI=1S/C11H19NO/c1-8(2)7-12-10-5-6-13-11(10)9-3-4-9/h9-12H,1,3-7H2,2H3. The molecule has 1 aliphatic carbocycles. The number of rotatable bonds is 4. The van der Waals surface area contributed by atoms with Gasteiger partial charge in [-0.05, 0) is 32.1 Å². The maximum atomic E-state index is 5.73. The average Bonchev–Trinajstić information content (AvgIpc) is 2.82. The molecule has 0 spiro atoms. The van der Waals surface area contributed by atoms with E-state index < -0.39 is 0 Å². The highest BCUT2D eigenvalue weighted by molar-refractivity contribution is 4.97. The smallest absolute Gasteiger partial charge is 0.0757 e. The second kappa shape index (κ2) is 3.81. The second-order valence-corrected chi connectivity index (χ2v) is 4.41. The largest absolute Gasteiger partial charge is 0.376 e. The van der Waals surface area contributed by atoms with E-state index in [1.165, 1.54) is 24.8 Å². The van der Waals surface area contributed by atoms with Gasteiger partial charge >= 0.3 is 0 Å². The summed E-state index contributed by atoms with van der Waals surface area (Å²) in [7, 11) is 0. The van der Waals surface area contributed by atoms with E-state index in [-0.39, 0.29) is 0 Å². The van der Waals surface area contributed by atoms with Crippen molar-refractivity contribution in [3.05, 3.63) is 12.2 Å². The van der Waals surface area contributed by atoms with Gasteiger partial charge in [-0.25, -0.2) is 0 Å². The molecule has 1 saturated heterocycles. The lowest BCUT2D eigenvalue weighted by atomic mass is 10.1. The Morgan fingerprint density at radius 2 is 2.23 bits per heavy atom. The fourth-order valence-electron chi connectivity index (χ4n) is 2.02. The van der Waals surface area contributed by atoms with Crippen molar-refractivity contribution in [3.8, 4) is 0 Å². The van der Waals surface area contributed by atoms with Gasteiger partial charge < -0.3 is 10.1 Å². The van der Waals surface area contributed by atoms with Crippen LogP contribution in [0.5, 0.6) is 0 Å². The molecule has 2 fully saturated rings. The maximum Gasteiger partial charge on any atom is 0.0757 e. The molecule has 0 amide bonds. The highest BCUT2D eigenvalue weighted by atomic mass is 16.5. The number of hydrogen-bond acceptors (Lipinski definition) is 2. The van der Waals surface area contributed by atoms with Gasteiger partial charge in [0, 0.05) is 19.2 Å². The highest BCUT2D eigenvalue weighted by Gasteiger charge is 2.40. The molecule has 1 N–H and O–H groups in total. The normalized spacial score (nSPS) is 33.6. The first-order valence-corrected chi connectivity index (χ1v) is 5.27. The van der Waals surface area contributed by atoms with Crippen molar-refractivity contribution >= 4 is 0 Å². The summed E-state index contributed by atoms with van der Waals surface area (Å²) >= 11 is 0. The molecule has 2 heteroatoms. The summed E-state index contributed by atoms with van der Waals surface area (Å²) in [5.74, 6) is 0.852.